The van der Waals surface area contributed by atoms with Gasteiger partial charge in [-0.2, -0.15) is 0 Å². The van der Waals surface area contributed by atoms with Crippen LogP contribution in [-0.4, -0.2) is 76.5 Å². The molecule has 10 nitrogen and oxygen atoms in total. The van der Waals surface area contributed by atoms with Crippen LogP contribution in [0.1, 0.15) is 82.7 Å². The molecule has 0 aromatic carbocycles. The molecular formula is C28H40N4O6. The van der Waals surface area contributed by atoms with Gasteiger partial charge in [-0.15, -0.1) is 0 Å². The Bertz CT molecular complexity index is 1030. The summed E-state index contributed by atoms with van der Waals surface area (Å²) in [7, 11) is 0. The first kappa shape index (κ1) is 27.9. The first-order valence-electron chi connectivity index (χ1n) is 13.9. The summed E-state index contributed by atoms with van der Waals surface area (Å²) in [5.41, 5.74) is 0. The Balaban J connectivity index is 1.50. The van der Waals surface area contributed by atoms with Crippen molar-refractivity contribution in [1.29, 1.82) is 0 Å². The highest BCUT2D eigenvalue weighted by Gasteiger charge is 2.53. The normalized spacial score (nSPS) is 23.3. The smallest absolute Gasteiger partial charge is 0.287 e. The number of rotatable bonds is 9. The Morgan fingerprint density at radius 3 is 2.34 bits per heavy atom. The first-order chi connectivity index (χ1) is 18.2. The van der Waals surface area contributed by atoms with Crippen LogP contribution in [0.4, 0.5) is 0 Å². The van der Waals surface area contributed by atoms with Crippen molar-refractivity contribution in [3.63, 3.8) is 0 Å². The number of amides is 4. The summed E-state index contributed by atoms with van der Waals surface area (Å²) in [6.07, 6.45) is 8.26. The number of likely N-dealkylation sites (tertiary alicyclic amines) is 2. The molecule has 1 aromatic heterocycles. The van der Waals surface area contributed by atoms with Crippen molar-refractivity contribution in [2.24, 2.45) is 11.8 Å². The van der Waals surface area contributed by atoms with E-state index in [0.717, 1.165) is 25.7 Å². The zero-order valence-corrected chi connectivity index (χ0v) is 22.6. The molecule has 208 valence electrons. The van der Waals surface area contributed by atoms with Crippen LogP contribution in [0.15, 0.2) is 22.8 Å². The second kappa shape index (κ2) is 12.1. The third-order valence-corrected chi connectivity index (χ3v) is 8.01. The lowest BCUT2D eigenvalue weighted by molar-refractivity contribution is -0.138. The molecule has 3 fully saturated rings. The van der Waals surface area contributed by atoms with Crippen LogP contribution < -0.4 is 10.6 Å². The standard InChI is InChI=1S/C28H40N4O6/c1-17(2)14-20(29-18(3)33)28(37)32-16-23(34)25-22(32)11-12-31(25)27(36)21(15-19-8-5-4-6-9-19)30-26(35)24-10-7-13-38-24/h7,10,13,17,19-22,25H,4-6,8-9,11-12,14-16H2,1-3H3,(H,29,33)(H,30,35)/t20-,21-,22+,25-/m0/s1. The van der Waals surface area contributed by atoms with Gasteiger partial charge in [0.15, 0.2) is 11.5 Å². The molecule has 4 atom stereocenters. The van der Waals surface area contributed by atoms with Gasteiger partial charge in [0.05, 0.1) is 18.8 Å². The summed E-state index contributed by atoms with van der Waals surface area (Å²) in [6, 6.07) is 0.511. The molecule has 0 radical (unpaired) electrons. The topological polar surface area (TPSA) is 129 Å². The Morgan fingerprint density at radius 1 is 1.00 bits per heavy atom. The fourth-order valence-corrected chi connectivity index (χ4v) is 6.31. The van der Waals surface area contributed by atoms with Gasteiger partial charge in [-0.25, -0.2) is 0 Å². The van der Waals surface area contributed by atoms with Crippen molar-refractivity contribution in [2.75, 3.05) is 13.1 Å². The van der Waals surface area contributed by atoms with E-state index in [1.807, 2.05) is 13.8 Å². The predicted octanol–water partition coefficient (Wildman–Crippen LogP) is 2.28. The molecule has 1 aromatic rings. The van der Waals surface area contributed by atoms with Crippen LogP contribution in [0.5, 0.6) is 0 Å². The lowest BCUT2D eigenvalue weighted by Crippen LogP contribution is -2.53. The Morgan fingerprint density at radius 2 is 1.71 bits per heavy atom. The van der Waals surface area contributed by atoms with E-state index in [1.54, 1.807) is 21.9 Å². The number of hydrogen-bond acceptors (Lipinski definition) is 6. The molecule has 4 rings (SSSR count). The fraction of sp³-hybridized carbons (Fsp3) is 0.679. The highest BCUT2D eigenvalue weighted by molar-refractivity contribution is 6.01. The Labute approximate surface area is 223 Å². The van der Waals surface area contributed by atoms with Crippen molar-refractivity contribution in [2.45, 2.75) is 96.3 Å². The van der Waals surface area contributed by atoms with E-state index < -0.39 is 30.1 Å². The minimum atomic E-state index is -0.778. The van der Waals surface area contributed by atoms with E-state index in [9.17, 15) is 24.0 Å². The summed E-state index contributed by atoms with van der Waals surface area (Å²) in [5.74, 6) is -0.888. The largest absolute Gasteiger partial charge is 0.459 e. The van der Waals surface area contributed by atoms with Gasteiger partial charge in [0, 0.05) is 13.5 Å². The number of Topliss-reactive ketones (excluding diaryl/α,β-unsaturated/α-hetero) is 1. The fourth-order valence-electron chi connectivity index (χ4n) is 6.31. The summed E-state index contributed by atoms with van der Waals surface area (Å²) >= 11 is 0. The number of hydrogen-bond donors (Lipinski definition) is 2. The third-order valence-electron chi connectivity index (χ3n) is 8.01. The van der Waals surface area contributed by atoms with Crippen LogP contribution in [0.2, 0.25) is 0 Å². The van der Waals surface area contributed by atoms with Gasteiger partial charge in [0.1, 0.15) is 18.1 Å². The number of ketones is 1. The molecule has 4 amide bonds. The van der Waals surface area contributed by atoms with Crippen LogP contribution >= 0.6 is 0 Å². The molecule has 2 saturated heterocycles. The molecule has 2 N–H and O–H groups in total. The minimum Gasteiger partial charge on any atom is -0.459 e. The van der Waals surface area contributed by atoms with Crippen molar-refractivity contribution in [1.82, 2.24) is 20.4 Å². The van der Waals surface area contributed by atoms with Crippen molar-refractivity contribution in [3.8, 4) is 0 Å². The number of nitrogens with one attached hydrogen (secondary N) is 2. The number of nitrogens with zero attached hydrogens (tertiary/aromatic N) is 2. The average Bonchev–Trinajstić information content (AvgIpc) is 3.61. The molecule has 1 saturated carbocycles. The Hall–Kier alpha value is -3.17. The van der Waals surface area contributed by atoms with Gasteiger partial charge in [-0.3, -0.25) is 24.0 Å². The Kier molecular flexibility index (Phi) is 8.89. The van der Waals surface area contributed by atoms with Crippen molar-refractivity contribution < 1.29 is 28.4 Å². The average molecular weight is 529 g/mol. The van der Waals surface area contributed by atoms with E-state index in [4.69, 9.17) is 4.42 Å². The van der Waals surface area contributed by atoms with E-state index in [2.05, 4.69) is 10.6 Å². The van der Waals surface area contributed by atoms with Crippen molar-refractivity contribution in [3.05, 3.63) is 24.2 Å². The molecule has 0 bridgehead atoms. The van der Waals surface area contributed by atoms with E-state index >= 15 is 0 Å². The lowest BCUT2D eigenvalue weighted by Gasteiger charge is -2.31. The lowest BCUT2D eigenvalue weighted by atomic mass is 9.84. The minimum absolute atomic E-state index is 0.0851. The first-order valence-corrected chi connectivity index (χ1v) is 13.9. The molecular weight excluding hydrogens is 488 g/mol. The summed E-state index contributed by atoms with van der Waals surface area (Å²) in [6.45, 7) is 5.56. The monoisotopic (exact) mass is 528 g/mol. The van der Waals surface area contributed by atoms with Crippen molar-refractivity contribution >= 4 is 29.4 Å². The van der Waals surface area contributed by atoms with Gasteiger partial charge in [0.2, 0.25) is 17.7 Å². The highest BCUT2D eigenvalue weighted by atomic mass is 16.3. The van der Waals surface area contributed by atoms with Gasteiger partial charge < -0.3 is 24.9 Å². The second-order valence-corrected chi connectivity index (χ2v) is 11.4. The van der Waals surface area contributed by atoms with Crippen LogP contribution in [-0.2, 0) is 19.2 Å². The molecule has 3 heterocycles. The molecule has 10 heteroatoms. The molecule has 0 spiro atoms. The second-order valence-electron chi connectivity index (χ2n) is 11.4. The van der Waals surface area contributed by atoms with Gasteiger partial charge >= 0.3 is 0 Å². The quantitative estimate of drug-likeness (QED) is 0.506. The van der Waals surface area contributed by atoms with E-state index in [1.165, 1.54) is 19.6 Å². The summed E-state index contributed by atoms with van der Waals surface area (Å²) < 4.78 is 5.23. The van der Waals surface area contributed by atoms with E-state index in [0.29, 0.717) is 31.7 Å². The zero-order valence-electron chi connectivity index (χ0n) is 22.6. The maximum absolute atomic E-state index is 13.9. The number of carbonyl (C=O) groups is 5. The maximum atomic E-state index is 13.9. The van der Waals surface area contributed by atoms with Gasteiger partial charge in [0.25, 0.3) is 5.91 Å². The zero-order chi connectivity index (χ0) is 27.4. The SMILES string of the molecule is CC(=O)N[C@@H](CC(C)C)C(=O)N1CC(=O)[C@@H]2[C@H]1CCN2C(=O)[C@H](CC1CCCCC1)NC(=O)c1ccco1. The molecule has 2 aliphatic heterocycles. The summed E-state index contributed by atoms with van der Waals surface area (Å²) in [4.78, 5) is 68.2. The third kappa shape index (κ3) is 6.27. The van der Waals surface area contributed by atoms with Gasteiger partial charge in [-0.05, 0) is 43.2 Å². The van der Waals surface area contributed by atoms with E-state index in [-0.39, 0.29) is 41.7 Å². The predicted molar refractivity (Wildman–Crippen MR) is 139 cm³/mol. The number of carbonyl (C=O) groups excluding carboxylic acids is 5. The van der Waals surface area contributed by atoms with Gasteiger partial charge in [-0.1, -0.05) is 46.0 Å². The summed E-state index contributed by atoms with van der Waals surface area (Å²) in [5, 5.41) is 5.61. The van der Waals surface area contributed by atoms with Crippen LogP contribution in [0.25, 0.3) is 0 Å². The van der Waals surface area contributed by atoms with Crippen LogP contribution in [0, 0.1) is 11.8 Å². The molecule has 0 unspecified atom stereocenters. The molecule has 1 aliphatic carbocycles. The maximum Gasteiger partial charge on any atom is 0.287 e. The number of furan rings is 1. The molecule has 38 heavy (non-hydrogen) atoms. The van der Waals surface area contributed by atoms with Crippen LogP contribution in [0.3, 0.4) is 0 Å². The molecule has 3 aliphatic rings. The highest BCUT2D eigenvalue weighted by Crippen LogP contribution is 2.33. The number of fused-ring (bicyclic) bond motifs is 1.